The first-order valence-electron chi connectivity index (χ1n) is 7.11. The molecule has 0 aromatic heterocycles. The molecule has 0 aromatic rings. The fraction of sp³-hybridized carbons (Fsp3) is 0.692. The second-order valence-corrected chi connectivity index (χ2v) is 7.71. The van der Waals surface area contributed by atoms with E-state index in [2.05, 4.69) is 5.32 Å². The fourth-order valence-corrected chi connectivity index (χ4v) is 5.55. The monoisotopic (exact) mass is 401 g/mol. The highest BCUT2D eigenvalue weighted by molar-refractivity contribution is 7.87. The highest BCUT2D eigenvalue weighted by Crippen LogP contribution is 2.56. The predicted molar refractivity (Wildman–Crippen MR) is 81.3 cm³/mol. The van der Waals surface area contributed by atoms with Crippen LogP contribution in [0.2, 0.25) is 0 Å². The smallest absolute Gasteiger partial charge is 0.303 e. The Morgan fingerprint density at radius 1 is 1.48 bits per heavy atom. The molecule has 2 rings (SSSR count). The molecule has 2 atom stereocenters. The Labute approximate surface area is 147 Å². The van der Waals surface area contributed by atoms with Crippen LogP contribution < -0.4 is 5.32 Å². The number of halogens is 4. The van der Waals surface area contributed by atoms with Gasteiger partial charge in [-0.2, -0.15) is 26.9 Å². The zero-order valence-electron chi connectivity index (χ0n) is 13.0. The molecule has 12 heteroatoms. The molecule has 1 fully saturated rings. The van der Waals surface area contributed by atoms with Gasteiger partial charge in [0.05, 0.1) is 11.9 Å². The first-order chi connectivity index (χ1) is 11.4. The average Bonchev–Trinajstić information content (AvgIpc) is 2.98. The Balaban J connectivity index is 3.03. The molecule has 0 spiro atoms. The van der Waals surface area contributed by atoms with Crippen molar-refractivity contribution >= 4 is 27.5 Å². The van der Waals surface area contributed by atoms with Crippen molar-refractivity contribution in [1.82, 2.24) is 10.2 Å². The standard InChI is InChI=1S/C13H15ClF3N3O4S/c1-8-9(5-14)10(21)4-11(6-18,20-3-2-19-7-20)12(8,13(15,16)17)25(22,23)24/h19H,2-5,7H2,1H3,(H,22,23,24). The summed E-state index contributed by atoms with van der Waals surface area (Å²) in [5.74, 6) is -1.53. The van der Waals surface area contributed by atoms with Crippen LogP contribution in [0.1, 0.15) is 13.3 Å². The van der Waals surface area contributed by atoms with Gasteiger partial charge in [0.25, 0.3) is 10.1 Å². The molecule has 140 valence electrons. The van der Waals surface area contributed by atoms with Gasteiger partial charge in [-0.05, 0) is 12.5 Å². The molecule has 25 heavy (non-hydrogen) atoms. The number of rotatable bonds is 3. The molecule has 0 bridgehead atoms. The van der Waals surface area contributed by atoms with Crippen LogP contribution in [0.25, 0.3) is 0 Å². The van der Waals surface area contributed by atoms with Crippen molar-refractivity contribution in [2.75, 3.05) is 25.6 Å². The van der Waals surface area contributed by atoms with Crippen LogP contribution in [-0.2, 0) is 14.9 Å². The van der Waals surface area contributed by atoms with Gasteiger partial charge in [-0.15, -0.1) is 11.6 Å². The maximum atomic E-state index is 14.2. The van der Waals surface area contributed by atoms with Crippen LogP contribution in [0.3, 0.4) is 0 Å². The molecule has 0 radical (unpaired) electrons. The Morgan fingerprint density at radius 3 is 2.44 bits per heavy atom. The largest absolute Gasteiger partial charge is 0.417 e. The summed E-state index contributed by atoms with van der Waals surface area (Å²) in [7, 11) is -5.90. The molecule has 0 amide bonds. The Hall–Kier alpha value is -1.19. The molecule has 1 heterocycles. The number of hydrogen-bond donors (Lipinski definition) is 2. The highest BCUT2D eigenvalue weighted by atomic mass is 35.5. The summed E-state index contributed by atoms with van der Waals surface area (Å²) in [6.45, 7) is 0.628. The van der Waals surface area contributed by atoms with Crippen LogP contribution in [0, 0.1) is 11.3 Å². The van der Waals surface area contributed by atoms with Gasteiger partial charge < -0.3 is 5.32 Å². The van der Waals surface area contributed by atoms with E-state index >= 15 is 0 Å². The normalized spacial score (nSPS) is 32.1. The second-order valence-electron chi connectivity index (χ2n) is 5.88. The number of nitrogens with one attached hydrogen (secondary N) is 1. The van der Waals surface area contributed by atoms with E-state index in [9.17, 15) is 36.2 Å². The van der Waals surface area contributed by atoms with E-state index in [4.69, 9.17) is 11.6 Å². The van der Waals surface area contributed by atoms with E-state index in [1.165, 1.54) is 6.07 Å². The van der Waals surface area contributed by atoms with Gasteiger partial charge in [-0.3, -0.25) is 14.2 Å². The minimum absolute atomic E-state index is 0.0995. The zero-order chi connectivity index (χ0) is 19.3. The van der Waals surface area contributed by atoms with Gasteiger partial charge in [0.2, 0.25) is 4.75 Å². The van der Waals surface area contributed by atoms with E-state index in [0.29, 0.717) is 0 Å². The number of Topliss-reactive ketones (excluding diaryl/α,β-unsaturated/α-hetero) is 1. The second kappa shape index (κ2) is 6.21. The average molecular weight is 402 g/mol. The minimum atomic E-state index is -5.90. The maximum absolute atomic E-state index is 14.2. The van der Waals surface area contributed by atoms with Gasteiger partial charge in [-0.1, -0.05) is 0 Å². The third-order valence-electron chi connectivity index (χ3n) is 4.82. The summed E-state index contributed by atoms with van der Waals surface area (Å²) in [6.07, 6.45) is -6.62. The van der Waals surface area contributed by atoms with E-state index in [0.717, 1.165) is 11.8 Å². The van der Waals surface area contributed by atoms with E-state index in [1.807, 2.05) is 0 Å². The lowest BCUT2D eigenvalue weighted by atomic mass is 9.68. The van der Waals surface area contributed by atoms with Crippen molar-refractivity contribution in [3.05, 3.63) is 11.1 Å². The molecule has 2 aliphatic rings. The summed E-state index contributed by atoms with van der Waals surface area (Å²) < 4.78 is 72.5. The van der Waals surface area contributed by atoms with Crippen molar-refractivity contribution in [3.8, 4) is 6.07 Å². The molecule has 2 unspecified atom stereocenters. The predicted octanol–water partition coefficient (Wildman–Crippen LogP) is 0.828. The number of nitriles is 1. The van der Waals surface area contributed by atoms with Gasteiger partial charge >= 0.3 is 6.18 Å². The topological polar surface area (TPSA) is 111 Å². The number of nitrogens with zero attached hydrogens (tertiary/aromatic N) is 2. The molecule has 2 N–H and O–H groups in total. The molecular weight excluding hydrogens is 387 g/mol. The summed E-state index contributed by atoms with van der Waals surface area (Å²) >= 11 is 5.56. The molecular formula is C13H15ClF3N3O4S. The summed E-state index contributed by atoms with van der Waals surface area (Å²) in [4.78, 5) is 13.3. The van der Waals surface area contributed by atoms with E-state index in [1.54, 1.807) is 0 Å². The van der Waals surface area contributed by atoms with Crippen molar-refractivity contribution in [2.45, 2.75) is 29.8 Å². The number of alkyl halides is 4. The quantitative estimate of drug-likeness (QED) is 0.532. The van der Waals surface area contributed by atoms with Gasteiger partial charge in [-0.25, -0.2) is 0 Å². The lowest BCUT2D eigenvalue weighted by molar-refractivity contribution is -0.181. The number of allylic oxidation sites excluding steroid dienone is 1. The Bertz CT molecular complexity index is 770. The lowest BCUT2D eigenvalue weighted by Crippen LogP contribution is -2.75. The summed E-state index contributed by atoms with van der Waals surface area (Å²) in [5.41, 5.74) is -4.38. The first kappa shape index (κ1) is 20.1. The first-order valence-corrected chi connectivity index (χ1v) is 9.08. The van der Waals surface area contributed by atoms with Crippen molar-refractivity contribution in [2.24, 2.45) is 0 Å². The minimum Gasteiger partial charge on any atom is -0.303 e. The highest BCUT2D eigenvalue weighted by Gasteiger charge is 2.79. The lowest BCUT2D eigenvalue weighted by Gasteiger charge is -2.51. The van der Waals surface area contributed by atoms with Crippen molar-refractivity contribution in [1.29, 1.82) is 5.26 Å². The molecule has 1 aliphatic heterocycles. The Kier molecular flexibility index (Phi) is 5.00. The molecule has 1 saturated heterocycles. The van der Waals surface area contributed by atoms with Crippen LogP contribution in [0.5, 0.6) is 0 Å². The number of hydrogen-bond acceptors (Lipinski definition) is 6. The van der Waals surface area contributed by atoms with Crippen LogP contribution in [0.15, 0.2) is 11.1 Å². The van der Waals surface area contributed by atoms with Gasteiger partial charge in [0.1, 0.15) is 0 Å². The fourth-order valence-electron chi connectivity index (χ4n) is 3.73. The Morgan fingerprint density at radius 2 is 2.08 bits per heavy atom. The van der Waals surface area contributed by atoms with Gasteiger partial charge in [0, 0.05) is 31.8 Å². The molecule has 7 nitrogen and oxygen atoms in total. The SMILES string of the molecule is CC1=C(CCl)C(=O)CC(C#N)(N2CCNC2)C1(C(F)(F)F)S(=O)(=O)O. The third-order valence-corrected chi connectivity index (χ3v) is 6.74. The molecule has 0 aromatic carbocycles. The van der Waals surface area contributed by atoms with Crippen LogP contribution >= 0.6 is 11.6 Å². The summed E-state index contributed by atoms with van der Waals surface area (Å²) in [5, 5.41) is 12.4. The van der Waals surface area contributed by atoms with E-state index in [-0.39, 0.29) is 19.8 Å². The number of carbonyl (C=O) groups excluding carboxylic acids is 1. The van der Waals surface area contributed by atoms with Gasteiger partial charge in [0.15, 0.2) is 11.3 Å². The summed E-state index contributed by atoms with van der Waals surface area (Å²) in [6, 6.07) is 1.40. The van der Waals surface area contributed by atoms with Crippen molar-refractivity contribution in [3.63, 3.8) is 0 Å². The maximum Gasteiger partial charge on any atom is 0.417 e. The third kappa shape index (κ3) is 2.50. The van der Waals surface area contributed by atoms with Crippen LogP contribution in [-0.4, -0.2) is 65.8 Å². The zero-order valence-corrected chi connectivity index (χ0v) is 14.6. The van der Waals surface area contributed by atoms with Crippen LogP contribution in [0.4, 0.5) is 13.2 Å². The number of ketones is 1. The number of carbonyl (C=O) groups is 1. The molecule has 0 saturated carbocycles. The van der Waals surface area contributed by atoms with Crippen molar-refractivity contribution < 1.29 is 30.9 Å². The van der Waals surface area contributed by atoms with E-state index < -0.39 is 55.8 Å². The molecule has 1 aliphatic carbocycles.